The SMILES string of the molecule is CC1CCN(C2CC(C)(C)CCC2N)CC1C. The predicted molar refractivity (Wildman–Crippen MR) is 73.9 cm³/mol. The van der Waals surface area contributed by atoms with Gasteiger partial charge in [-0.05, 0) is 49.5 Å². The Hall–Kier alpha value is -0.0800. The minimum atomic E-state index is 0.406. The summed E-state index contributed by atoms with van der Waals surface area (Å²) < 4.78 is 0. The second kappa shape index (κ2) is 4.89. The van der Waals surface area contributed by atoms with Crippen LogP contribution in [0.3, 0.4) is 0 Å². The smallest absolute Gasteiger partial charge is 0.0252 e. The molecule has 1 aliphatic heterocycles. The molecular formula is C15H30N2. The molecule has 0 radical (unpaired) electrons. The second-order valence-corrected chi connectivity index (χ2v) is 7.38. The van der Waals surface area contributed by atoms with Gasteiger partial charge < -0.3 is 5.73 Å². The van der Waals surface area contributed by atoms with E-state index < -0.39 is 0 Å². The van der Waals surface area contributed by atoms with Crippen molar-refractivity contribution in [3.63, 3.8) is 0 Å². The lowest BCUT2D eigenvalue weighted by molar-refractivity contribution is 0.0336. The van der Waals surface area contributed by atoms with Gasteiger partial charge in [0.25, 0.3) is 0 Å². The number of hydrogen-bond donors (Lipinski definition) is 1. The Balaban J connectivity index is 2.00. The molecule has 100 valence electrons. The normalized spacial score (nSPS) is 43.6. The summed E-state index contributed by atoms with van der Waals surface area (Å²) in [4.78, 5) is 2.69. The van der Waals surface area contributed by atoms with Crippen molar-refractivity contribution < 1.29 is 0 Å². The number of piperidine rings is 1. The number of nitrogens with two attached hydrogens (primary N) is 1. The molecule has 2 aliphatic rings. The van der Waals surface area contributed by atoms with Gasteiger partial charge in [-0.2, -0.15) is 0 Å². The molecule has 1 saturated carbocycles. The van der Waals surface area contributed by atoms with Gasteiger partial charge in [0, 0.05) is 18.6 Å². The fourth-order valence-electron chi connectivity index (χ4n) is 3.57. The van der Waals surface area contributed by atoms with E-state index in [0.717, 1.165) is 11.8 Å². The topological polar surface area (TPSA) is 29.3 Å². The van der Waals surface area contributed by atoms with E-state index in [1.807, 2.05) is 0 Å². The Bertz CT molecular complexity index is 262. The highest BCUT2D eigenvalue weighted by Crippen LogP contribution is 2.38. The fourth-order valence-corrected chi connectivity index (χ4v) is 3.57. The third kappa shape index (κ3) is 3.03. The molecular weight excluding hydrogens is 208 g/mol. The fraction of sp³-hybridized carbons (Fsp3) is 1.00. The van der Waals surface area contributed by atoms with Crippen molar-refractivity contribution in [2.75, 3.05) is 13.1 Å². The van der Waals surface area contributed by atoms with Gasteiger partial charge in [0.1, 0.15) is 0 Å². The quantitative estimate of drug-likeness (QED) is 0.761. The first kappa shape index (κ1) is 13.4. The van der Waals surface area contributed by atoms with Crippen molar-refractivity contribution >= 4 is 0 Å². The molecule has 2 N–H and O–H groups in total. The number of rotatable bonds is 1. The van der Waals surface area contributed by atoms with Gasteiger partial charge in [0.15, 0.2) is 0 Å². The Labute approximate surface area is 107 Å². The first-order valence-electron chi connectivity index (χ1n) is 7.39. The summed E-state index contributed by atoms with van der Waals surface area (Å²) in [5.41, 5.74) is 6.86. The summed E-state index contributed by atoms with van der Waals surface area (Å²) in [5, 5.41) is 0. The van der Waals surface area contributed by atoms with Crippen molar-refractivity contribution in [3.8, 4) is 0 Å². The van der Waals surface area contributed by atoms with Gasteiger partial charge in [-0.25, -0.2) is 0 Å². The molecule has 0 aromatic rings. The third-order valence-corrected chi connectivity index (χ3v) is 5.24. The molecule has 1 aliphatic carbocycles. The van der Waals surface area contributed by atoms with Crippen LogP contribution in [0.2, 0.25) is 0 Å². The van der Waals surface area contributed by atoms with Crippen LogP contribution < -0.4 is 5.73 Å². The summed E-state index contributed by atoms with van der Waals surface area (Å²) in [6.45, 7) is 12.1. The highest BCUT2D eigenvalue weighted by molar-refractivity contribution is 4.94. The summed E-state index contributed by atoms with van der Waals surface area (Å²) in [6.07, 6.45) is 5.14. The first-order valence-corrected chi connectivity index (χ1v) is 7.39. The zero-order valence-electron chi connectivity index (χ0n) is 12.1. The highest BCUT2D eigenvalue weighted by atomic mass is 15.2. The van der Waals surface area contributed by atoms with Crippen molar-refractivity contribution in [2.24, 2.45) is 23.0 Å². The molecule has 0 bridgehead atoms. The monoisotopic (exact) mass is 238 g/mol. The molecule has 0 aromatic heterocycles. The van der Waals surface area contributed by atoms with Gasteiger partial charge in [-0.3, -0.25) is 4.90 Å². The van der Waals surface area contributed by atoms with Crippen LogP contribution in [0.1, 0.15) is 53.4 Å². The molecule has 1 heterocycles. The number of hydrogen-bond acceptors (Lipinski definition) is 2. The Morgan fingerprint density at radius 2 is 1.82 bits per heavy atom. The maximum Gasteiger partial charge on any atom is 0.0252 e. The predicted octanol–water partition coefficient (Wildman–Crippen LogP) is 2.87. The number of nitrogens with zero attached hydrogens (tertiary/aromatic N) is 1. The van der Waals surface area contributed by atoms with Crippen molar-refractivity contribution in [1.82, 2.24) is 4.90 Å². The molecule has 1 saturated heterocycles. The molecule has 2 fully saturated rings. The van der Waals surface area contributed by atoms with Crippen LogP contribution in [-0.2, 0) is 0 Å². The Morgan fingerprint density at radius 3 is 2.47 bits per heavy atom. The van der Waals surface area contributed by atoms with Gasteiger partial charge in [-0.15, -0.1) is 0 Å². The maximum atomic E-state index is 6.37. The van der Waals surface area contributed by atoms with Crippen LogP contribution in [0.25, 0.3) is 0 Å². The van der Waals surface area contributed by atoms with Crippen molar-refractivity contribution in [1.29, 1.82) is 0 Å². The van der Waals surface area contributed by atoms with Crippen LogP contribution in [0.5, 0.6) is 0 Å². The molecule has 0 aromatic carbocycles. The van der Waals surface area contributed by atoms with E-state index in [1.165, 1.54) is 38.8 Å². The standard InChI is InChI=1S/C15H30N2/c1-11-6-8-17(10-12(11)2)14-9-15(3,4)7-5-13(14)16/h11-14H,5-10,16H2,1-4H3. The molecule has 0 spiro atoms. The van der Waals surface area contributed by atoms with E-state index in [0.29, 0.717) is 17.5 Å². The second-order valence-electron chi connectivity index (χ2n) is 7.38. The van der Waals surface area contributed by atoms with Crippen LogP contribution in [0.4, 0.5) is 0 Å². The van der Waals surface area contributed by atoms with Crippen molar-refractivity contribution in [3.05, 3.63) is 0 Å². The lowest BCUT2D eigenvalue weighted by Crippen LogP contribution is -2.56. The third-order valence-electron chi connectivity index (χ3n) is 5.24. The van der Waals surface area contributed by atoms with E-state index in [2.05, 4.69) is 32.6 Å². The number of likely N-dealkylation sites (tertiary alicyclic amines) is 1. The van der Waals surface area contributed by atoms with E-state index in [9.17, 15) is 0 Å². The van der Waals surface area contributed by atoms with Gasteiger partial charge in [-0.1, -0.05) is 27.7 Å². The van der Waals surface area contributed by atoms with E-state index in [1.54, 1.807) is 0 Å². The Morgan fingerprint density at radius 1 is 1.12 bits per heavy atom. The molecule has 4 atom stereocenters. The average Bonchev–Trinajstić information content (AvgIpc) is 2.26. The molecule has 4 unspecified atom stereocenters. The van der Waals surface area contributed by atoms with E-state index >= 15 is 0 Å². The van der Waals surface area contributed by atoms with Crippen LogP contribution in [-0.4, -0.2) is 30.1 Å². The molecule has 0 amide bonds. The first-order chi connectivity index (χ1) is 7.89. The molecule has 2 rings (SSSR count). The Kier molecular flexibility index (Phi) is 3.84. The summed E-state index contributed by atoms with van der Waals surface area (Å²) in [5.74, 6) is 1.72. The van der Waals surface area contributed by atoms with Crippen molar-refractivity contribution in [2.45, 2.75) is 65.5 Å². The minimum Gasteiger partial charge on any atom is -0.326 e. The lowest BCUT2D eigenvalue weighted by Gasteiger charge is -2.48. The van der Waals surface area contributed by atoms with Crippen LogP contribution in [0, 0.1) is 17.3 Å². The van der Waals surface area contributed by atoms with Gasteiger partial charge in [0.2, 0.25) is 0 Å². The van der Waals surface area contributed by atoms with E-state index in [4.69, 9.17) is 5.73 Å². The zero-order chi connectivity index (χ0) is 12.6. The lowest BCUT2D eigenvalue weighted by atomic mass is 9.72. The summed E-state index contributed by atoms with van der Waals surface area (Å²) in [7, 11) is 0. The highest BCUT2D eigenvalue weighted by Gasteiger charge is 2.38. The van der Waals surface area contributed by atoms with Crippen LogP contribution in [0.15, 0.2) is 0 Å². The molecule has 2 heteroatoms. The average molecular weight is 238 g/mol. The largest absolute Gasteiger partial charge is 0.326 e. The molecule has 17 heavy (non-hydrogen) atoms. The van der Waals surface area contributed by atoms with Crippen LogP contribution >= 0.6 is 0 Å². The summed E-state index contributed by atoms with van der Waals surface area (Å²) >= 11 is 0. The zero-order valence-corrected chi connectivity index (χ0v) is 12.1. The summed E-state index contributed by atoms with van der Waals surface area (Å²) in [6, 6.07) is 1.04. The minimum absolute atomic E-state index is 0.406. The molecule has 2 nitrogen and oxygen atoms in total. The van der Waals surface area contributed by atoms with Gasteiger partial charge >= 0.3 is 0 Å². The van der Waals surface area contributed by atoms with E-state index in [-0.39, 0.29) is 0 Å². The maximum absolute atomic E-state index is 6.37. The van der Waals surface area contributed by atoms with Gasteiger partial charge in [0.05, 0.1) is 0 Å².